The van der Waals surface area contributed by atoms with Gasteiger partial charge in [0.2, 0.25) is 6.04 Å². The average molecular weight is 397 g/mol. The molecule has 1 aromatic heterocycles. The molecular formula is C22H24FN3O3. The molecule has 0 aliphatic heterocycles. The van der Waals surface area contributed by atoms with Crippen molar-refractivity contribution in [2.75, 3.05) is 6.54 Å². The number of rotatable bonds is 5. The third-order valence-corrected chi connectivity index (χ3v) is 4.26. The Morgan fingerprint density at radius 2 is 2.00 bits per heavy atom. The predicted octanol–water partition coefficient (Wildman–Crippen LogP) is 4.50. The summed E-state index contributed by atoms with van der Waals surface area (Å²) in [7, 11) is 0. The molecule has 1 atom stereocenters. The number of benzene rings is 2. The van der Waals surface area contributed by atoms with Crippen LogP contribution in [-0.4, -0.2) is 34.2 Å². The molecule has 3 rings (SSSR count). The number of carbonyl (C=O) groups excluding carboxylic acids is 1. The average Bonchev–Trinajstić information content (AvgIpc) is 3.04. The second kappa shape index (κ2) is 8.34. The molecule has 0 saturated heterocycles. The number of alkyl carbamates (subject to hydrolysis) is 1. The summed E-state index contributed by atoms with van der Waals surface area (Å²) in [5.41, 5.74) is 1.35. The minimum atomic E-state index is -0.779. The van der Waals surface area contributed by atoms with E-state index in [1.54, 1.807) is 45.2 Å². The lowest BCUT2D eigenvalue weighted by Gasteiger charge is -2.21. The smallest absolute Gasteiger partial charge is 0.407 e. The first kappa shape index (κ1) is 20.4. The SMILES string of the molecule is CC(C)(C)OC(=O)NCC(c1c[nH]c2ccc(F)cc12)/[N+]([O-])=C/c1ccccc1. The Balaban J connectivity index is 1.93. The second-order valence-corrected chi connectivity index (χ2v) is 7.73. The molecule has 0 aliphatic rings. The van der Waals surface area contributed by atoms with Crippen LogP contribution >= 0.6 is 0 Å². The van der Waals surface area contributed by atoms with E-state index in [2.05, 4.69) is 10.3 Å². The number of hydrogen-bond donors (Lipinski definition) is 2. The minimum Gasteiger partial charge on any atom is -0.623 e. The van der Waals surface area contributed by atoms with Crippen LogP contribution < -0.4 is 5.32 Å². The Morgan fingerprint density at radius 1 is 1.28 bits per heavy atom. The van der Waals surface area contributed by atoms with Crippen molar-refractivity contribution in [1.29, 1.82) is 0 Å². The number of carbonyl (C=O) groups is 1. The van der Waals surface area contributed by atoms with Crippen LogP contribution in [0.5, 0.6) is 0 Å². The van der Waals surface area contributed by atoms with Crippen LogP contribution in [0.1, 0.15) is 37.9 Å². The van der Waals surface area contributed by atoms with Crippen molar-refractivity contribution < 1.29 is 18.7 Å². The Labute approximate surface area is 168 Å². The quantitative estimate of drug-likeness (QED) is 0.288. The van der Waals surface area contributed by atoms with Gasteiger partial charge in [0.15, 0.2) is 6.21 Å². The number of ether oxygens (including phenoxy) is 1. The number of amides is 1. The molecule has 0 bridgehead atoms. The highest BCUT2D eigenvalue weighted by atomic mass is 19.1. The number of nitrogens with one attached hydrogen (secondary N) is 2. The van der Waals surface area contributed by atoms with Gasteiger partial charge >= 0.3 is 6.09 Å². The summed E-state index contributed by atoms with van der Waals surface area (Å²) in [6.45, 7) is 5.27. The first-order chi connectivity index (χ1) is 13.7. The molecule has 3 aromatic rings. The van der Waals surface area contributed by atoms with Gasteiger partial charge in [0.1, 0.15) is 11.4 Å². The molecule has 2 N–H and O–H groups in total. The van der Waals surface area contributed by atoms with Crippen molar-refractivity contribution in [3.63, 3.8) is 0 Å². The summed E-state index contributed by atoms with van der Waals surface area (Å²) < 4.78 is 19.8. The van der Waals surface area contributed by atoms with Crippen LogP contribution in [-0.2, 0) is 4.74 Å². The van der Waals surface area contributed by atoms with E-state index in [9.17, 15) is 14.4 Å². The highest BCUT2D eigenvalue weighted by molar-refractivity contribution is 5.84. The largest absolute Gasteiger partial charge is 0.623 e. The highest BCUT2D eigenvalue weighted by Gasteiger charge is 2.25. The van der Waals surface area contributed by atoms with Gasteiger partial charge in [-0.25, -0.2) is 13.9 Å². The van der Waals surface area contributed by atoms with E-state index < -0.39 is 23.6 Å². The van der Waals surface area contributed by atoms with Crippen LogP contribution in [0.15, 0.2) is 54.7 Å². The summed E-state index contributed by atoms with van der Waals surface area (Å²) in [5.74, 6) is -0.401. The molecule has 0 spiro atoms. The summed E-state index contributed by atoms with van der Waals surface area (Å²) in [6.07, 6.45) is 2.48. The second-order valence-electron chi connectivity index (χ2n) is 7.73. The summed E-state index contributed by atoms with van der Waals surface area (Å²) in [5, 5.41) is 16.2. The number of fused-ring (bicyclic) bond motifs is 1. The third-order valence-electron chi connectivity index (χ3n) is 4.26. The van der Waals surface area contributed by atoms with Gasteiger partial charge in [-0.3, -0.25) is 0 Å². The number of hydrogen-bond acceptors (Lipinski definition) is 3. The lowest BCUT2D eigenvalue weighted by atomic mass is 10.1. The van der Waals surface area contributed by atoms with E-state index in [-0.39, 0.29) is 6.54 Å². The van der Waals surface area contributed by atoms with Gasteiger partial charge in [-0.1, -0.05) is 18.2 Å². The lowest BCUT2D eigenvalue weighted by molar-refractivity contribution is -0.500. The molecular weight excluding hydrogens is 373 g/mol. The van der Waals surface area contributed by atoms with Gasteiger partial charge in [0.25, 0.3) is 0 Å². The van der Waals surface area contributed by atoms with Crippen molar-refractivity contribution in [2.24, 2.45) is 0 Å². The Hall–Kier alpha value is -3.35. The van der Waals surface area contributed by atoms with E-state index in [1.165, 1.54) is 18.3 Å². The number of aromatic amines is 1. The number of aromatic nitrogens is 1. The lowest BCUT2D eigenvalue weighted by Crippen LogP contribution is -2.36. The topological polar surface area (TPSA) is 80.2 Å². The molecule has 7 heteroatoms. The van der Waals surface area contributed by atoms with Crippen molar-refractivity contribution in [3.8, 4) is 0 Å². The van der Waals surface area contributed by atoms with Gasteiger partial charge in [0.05, 0.1) is 6.54 Å². The van der Waals surface area contributed by atoms with E-state index >= 15 is 0 Å². The van der Waals surface area contributed by atoms with Crippen LogP contribution in [0.2, 0.25) is 0 Å². The Bertz CT molecular complexity index is 1020. The zero-order valence-electron chi connectivity index (χ0n) is 16.6. The maximum absolute atomic E-state index is 13.8. The first-order valence-electron chi connectivity index (χ1n) is 9.32. The molecule has 6 nitrogen and oxygen atoms in total. The fourth-order valence-corrected chi connectivity index (χ4v) is 3.00. The number of hydroxylamine groups is 1. The van der Waals surface area contributed by atoms with Gasteiger partial charge in [-0.05, 0) is 51.1 Å². The first-order valence-corrected chi connectivity index (χ1v) is 9.32. The molecule has 2 aromatic carbocycles. The number of H-pyrrole nitrogens is 1. The number of nitrogens with zero attached hydrogens (tertiary/aromatic N) is 1. The molecule has 152 valence electrons. The van der Waals surface area contributed by atoms with E-state index in [0.717, 1.165) is 10.3 Å². The molecule has 29 heavy (non-hydrogen) atoms. The summed E-state index contributed by atoms with van der Waals surface area (Å²) >= 11 is 0. The maximum atomic E-state index is 13.8. The molecule has 1 unspecified atom stereocenters. The third kappa shape index (κ3) is 5.34. The van der Waals surface area contributed by atoms with Crippen LogP contribution in [0.4, 0.5) is 9.18 Å². The predicted molar refractivity (Wildman–Crippen MR) is 110 cm³/mol. The van der Waals surface area contributed by atoms with Gasteiger partial charge in [0, 0.05) is 28.2 Å². The Morgan fingerprint density at radius 3 is 2.69 bits per heavy atom. The van der Waals surface area contributed by atoms with E-state index in [0.29, 0.717) is 16.5 Å². The van der Waals surface area contributed by atoms with E-state index in [1.807, 2.05) is 18.2 Å². The Kier molecular flexibility index (Phi) is 5.87. The standard InChI is InChI=1S/C22H24FN3O3/c1-22(2,3)29-21(27)25-13-20(26(28)14-15-7-5-4-6-8-15)18-12-24-19-10-9-16(23)11-17(18)19/h4-12,14,20,24H,13H2,1-3H3,(H,25,27)/b26-14-. The minimum absolute atomic E-state index is 0.00872. The molecule has 1 amide bonds. The highest BCUT2D eigenvalue weighted by Crippen LogP contribution is 2.27. The monoisotopic (exact) mass is 397 g/mol. The fourth-order valence-electron chi connectivity index (χ4n) is 3.00. The van der Waals surface area contributed by atoms with E-state index in [4.69, 9.17) is 4.74 Å². The maximum Gasteiger partial charge on any atom is 0.407 e. The van der Waals surface area contributed by atoms with Crippen molar-refractivity contribution >= 4 is 23.2 Å². The molecule has 0 fully saturated rings. The zero-order chi connectivity index (χ0) is 21.0. The van der Waals surface area contributed by atoms with Gasteiger partial charge in [-0.15, -0.1) is 0 Å². The van der Waals surface area contributed by atoms with Gasteiger partial charge in [-0.2, -0.15) is 0 Å². The molecule has 0 saturated carbocycles. The zero-order valence-corrected chi connectivity index (χ0v) is 16.6. The normalized spacial score (nSPS) is 13.3. The fraction of sp³-hybridized carbons (Fsp3) is 0.273. The molecule has 0 aliphatic carbocycles. The summed E-state index contributed by atoms with van der Waals surface area (Å²) in [6, 6.07) is 12.7. The van der Waals surface area contributed by atoms with Crippen molar-refractivity contribution in [1.82, 2.24) is 10.3 Å². The van der Waals surface area contributed by atoms with Crippen molar-refractivity contribution in [2.45, 2.75) is 32.4 Å². The van der Waals surface area contributed by atoms with Crippen LogP contribution in [0.25, 0.3) is 10.9 Å². The van der Waals surface area contributed by atoms with Gasteiger partial charge < -0.3 is 20.2 Å². The van der Waals surface area contributed by atoms with Crippen LogP contribution in [0.3, 0.4) is 0 Å². The van der Waals surface area contributed by atoms with Crippen LogP contribution in [0, 0.1) is 11.0 Å². The number of halogens is 1. The molecule has 0 radical (unpaired) electrons. The van der Waals surface area contributed by atoms with Crippen molar-refractivity contribution in [3.05, 3.63) is 76.9 Å². The molecule has 1 heterocycles. The summed E-state index contributed by atoms with van der Waals surface area (Å²) in [4.78, 5) is 15.1.